The lowest BCUT2D eigenvalue weighted by Gasteiger charge is -2.23. The fourth-order valence-electron chi connectivity index (χ4n) is 3.14. The maximum Gasteiger partial charge on any atom is 0.413 e. The van der Waals surface area contributed by atoms with Crippen LogP contribution in [0.1, 0.15) is 29.4 Å². The summed E-state index contributed by atoms with van der Waals surface area (Å²) in [6, 6.07) is 10.0. The van der Waals surface area contributed by atoms with E-state index in [4.69, 9.17) is 4.74 Å². The molecule has 0 unspecified atom stereocenters. The van der Waals surface area contributed by atoms with Gasteiger partial charge in [0.2, 0.25) is 5.91 Å². The second-order valence-electron chi connectivity index (χ2n) is 6.43. The lowest BCUT2D eigenvalue weighted by atomic mass is 10.2. The smallest absolute Gasteiger partial charge is 0.413 e. The van der Waals surface area contributed by atoms with Gasteiger partial charge in [-0.3, -0.25) is 14.5 Å². The molecule has 0 aliphatic carbocycles. The zero-order chi connectivity index (χ0) is 20.1. The molecule has 1 aliphatic rings. The first-order valence-electron chi connectivity index (χ1n) is 9.17. The second kappa shape index (κ2) is 8.88. The largest absolute Gasteiger partial charge is 0.449 e. The van der Waals surface area contributed by atoms with Crippen molar-refractivity contribution in [1.29, 1.82) is 0 Å². The minimum Gasteiger partial charge on any atom is -0.449 e. The van der Waals surface area contributed by atoms with Crippen LogP contribution in [0.2, 0.25) is 0 Å². The number of likely N-dealkylation sites (tertiary alicyclic amines) is 1. The average molecular weight is 401 g/mol. The quantitative estimate of drug-likeness (QED) is 0.831. The van der Waals surface area contributed by atoms with Crippen molar-refractivity contribution in [2.24, 2.45) is 0 Å². The van der Waals surface area contributed by atoms with Gasteiger partial charge in [0.1, 0.15) is 6.04 Å². The zero-order valence-electron chi connectivity index (χ0n) is 15.9. The second-order valence-corrected chi connectivity index (χ2v) is 7.38. The van der Waals surface area contributed by atoms with Crippen LogP contribution in [0, 0.1) is 0 Å². The summed E-state index contributed by atoms with van der Waals surface area (Å²) in [7, 11) is 1.62. The summed E-state index contributed by atoms with van der Waals surface area (Å²) in [5, 5.41) is 4.72. The van der Waals surface area contributed by atoms with Gasteiger partial charge < -0.3 is 15.0 Å². The number of hydrogen-bond acceptors (Lipinski definition) is 5. The van der Waals surface area contributed by atoms with Crippen molar-refractivity contribution in [1.82, 2.24) is 4.90 Å². The Labute approximate surface area is 167 Å². The SMILES string of the molecule is CCOC(=O)N(C)c1ccc(NC(=O)[C@@H]2CCCN2C(=O)c2cccs2)cc1. The van der Waals surface area contributed by atoms with Gasteiger partial charge in [-0.1, -0.05) is 6.07 Å². The Bertz CT molecular complexity index is 836. The summed E-state index contributed by atoms with van der Waals surface area (Å²) in [4.78, 5) is 40.8. The van der Waals surface area contributed by atoms with Crippen LogP contribution < -0.4 is 10.2 Å². The van der Waals surface area contributed by atoms with E-state index in [1.807, 2.05) is 11.4 Å². The molecule has 2 heterocycles. The van der Waals surface area contributed by atoms with Gasteiger partial charge in [0.15, 0.2) is 0 Å². The molecule has 0 bridgehead atoms. The Morgan fingerprint density at radius 2 is 2.00 bits per heavy atom. The molecule has 0 radical (unpaired) electrons. The number of carbonyl (C=O) groups is 3. The molecule has 1 saturated heterocycles. The number of nitrogens with zero attached hydrogens (tertiary/aromatic N) is 2. The molecular formula is C20H23N3O4S. The molecule has 148 valence electrons. The van der Waals surface area contributed by atoms with E-state index in [0.29, 0.717) is 35.8 Å². The summed E-state index contributed by atoms with van der Waals surface area (Å²) in [5.74, 6) is -0.298. The third-order valence-electron chi connectivity index (χ3n) is 4.61. The first kappa shape index (κ1) is 19.9. The van der Waals surface area contributed by atoms with Crippen LogP contribution in [0.25, 0.3) is 0 Å². The average Bonchev–Trinajstić information content (AvgIpc) is 3.39. The van der Waals surface area contributed by atoms with Gasteiger partial charge in [-0.05, 0) is 55.5 Å². The van der Waals surface area contributed by atoms with Gasteiger partial charge in [-0.15, -0.1) is 11.3 Å². The van der Waals surface area contributed by atoms with E-state index in [0.717, 1.165) is 6.42 Å². The van der Waals surface area contributed by atoms with Gasteiger partial charge in [0.05, 0.1) is 11.5 Å². The number of amides is 3. The normalized spacial score (nSPS) is 15.9. The Morgan fingerprint density at radius 3 is 2.64 bits per heavy atom. The standard InChI is InChI=1S/C20H23N3O4S/c1-3-27-20(26)22(2)15-10-8-14(9-11-15)21-18(24)16-6-4-12-23(16)19(25)17-7-5-13-28-17/h5,7-11,13,16H,3-4,6,12H2,1-2H3,(H,21,24)/t16-/m0/s1. The van der Waals surface area contributed by atoms with Crippen molar-refractivity contribution in [2.45, 2.75) is 25.8 Å². The molecule has 1 aromatic heterocycles. The van der Waals surface area contributed by atoms with E-state index in [1.165, 1.54) is 16.2 Å². The molecule has 0 saturated carbocycles. The van der Waals surface area contributed by atoms with Gasteiger partial charge in [0, 0.05) is 25.0 Å². The van der Waals surface area contributed by atoms with Crippen LogP contribution in [-0.4, -0.2) is 49.0 Å². The number of benzene rings is 1. The zero-order valence-corrected chi connectivity index (χ0v) is 16.7. The molecule has 8 heteroatoms. The molecular weight excluding hydrogens is 378 g/mol. The number of carbonyl (C=O) groups excluding carboxylic acids is 3. The van der Waals surface area contributed by atoms with Crippen molar-refractivity contribution in [2.75, 3.05) is 30.4 Å². The molecule has 1 N–H and O–H groups in total. The van der Waals surface area contributed by atoms with Crippen LogP contribution >= 0.6 is 11.3 Å². The number of anilines is 2. The molecule has 1 aromatic carbocycles. The molecule has 3 rings (SSSR count). The lowest BCUT2D eigenvalue weighted by molar-refractivity contribution is -0.119. The van der Waals surface area contributed by atoms with E-state index in [1.54, 1.807) is 49.2 Å². The minimum atomic E-state index is -0.475. The van der Waals surface area contributed by atoms with Crippen molar-refractivity contribution in [3.05, 3.63) is 46.7 Å². The fraction of sp³-hybridized carbons (Fsp3) is 0.350. The molecule has 3 amide bonds. The predicted molar refractivity (Wildman–Crippen MR) is 109 cm³/mol. The van der Waals surface area contributed by atoms with Crippen LogP contribution in [0.15, 0.2) is 41.8 Å². The van der Waals surface area contributed by atoms with Crippen LogP contribution in [0.5, 0.6) is 0 Å². The molecule has 1 atom stereocenters. The Balaban J connectivity index is 1.64. The van der Waals surface area contributed by atoms with Crippen LogP contribution in [0.3, 0.4) is 0 Å². The van der Waals surface area contributed by atoms with Gasteiger partial charge >= 0.3 is 6.09 Å². The van der Waals surface area contributed by atoms with Crippen molar-refractivity contribution in [3.63, 3.8) is 0 Å². The summed E-state index contributed by atoms with van der Waals surface area (Å²) >= 11 is 1.38. The van der Waals surface area contributed by atoms with Gasteiger partial charge in [-0.25, -0.2) is 4.79 Å². The number of ether oxygens (including phenoxy) is 1. The summed E-state index contributed by atoms with van der Waals surface area (Å²) in [6.07, 6.45) is 1.01. The molecule has 2 aromatic rings. The third kappa shape index (κ3) is 4.33. The highest BCUT2D eigenvalue weighted by molar-refractivity contribution is 7.12. The topological polar surface area (TPSA) is 79.0 Å². The summed E-state index contributed by atoms with van der Waals surface area (Å²) in [5.41, 5.74) is 1.27. The van der Waals surface area contributed by atoms with E-state index >= 15 is 0 Å². The monoisotopic (exact) mass is 401 g/mol. The molecule has 28 heavy (non-hydrogen) atoms. The van der Waals surface area contributed by atoms with E-state index in [2.05, 4.69) is 5.32 Å². The van der Waals surface area contributed by atoms with Crippen molar-refractivity contribution >= 4 is 40.6 Å². The first-order valence-corrected chi connectivity index (χ1v) is 10.0. The van der Waals surface area contributed by atoms with E-state index in [-0.39, 0.29) is 11.8 Å². The Hall–Kier alpha value is -2.87. The highest BCUT2D eigenvalue weighted by Gasteiger charge is 2.34. The molecule has 1 fully saturated rings. The van der Waals surface area contributed by atoms with Crippen LogP contribution in [-0.2, 0) is 9.53 Å². The molecule has 1 aliphatic heterocycles. The Morgan fingerprint density at radius 1 is 1.25 bits per heavy atom. The predicted octanol–water partition coefficient (Wildman–Crippen LogP) is 3.58. The maximum atomic E-state index is 12.7. The number of rotatable bonds is 5. The fourth-order valence-corrected chi connectivity index (χ4v) is 3.82. The Kier molecular flexibility index (Phi) is 6.30. The van der Waals surface area contributed by atoms with Crippen LogP contribution in [0.4, 0.5) is 16.2 Å². The number of thiophene rings is 1. The van der Waals surface area contributed by atoms with E-state index < -0.39 is 12.1 Å². The van der Waals surface area contributed by atoms with Gasteiger partial charge in [-0.2, -0.15) is 0 Å². The summed E-state index contributed by atoms with van der Waals surface area (Å²) in [6.45, 7) is 2.64. The molecule has 7 nitrogen and oxygen atoms in total. The van der Waals surface area contributed by atoms with Crippen molar-refractivity contribution < 1.29 is 19.1 Å². The molecule has 0 spiro atoms. The minimum absolute atomic E-state index is 0.0981. The number of hydrogen-bond donors (Lipinski definition) is 1. The number of nitrogens with one attached hydrogen (secondary N) is 1. The van der Waals surface area contributed by atoms with Crippen molar-refractivity contribution in [3.8, 4) is 0 Å². The lowest BCUT2D eigenvalue weighted by Crippen LogP contribution is -2.42. The third-order valence-corrected chi connectivity index (χ3v) is 5.47. The summed E-state index contributed by atoms with van der Waals surface area (Å²) < 4.78 is 4.97. The first-order chi connectivity index (χ1) is 13.5. The highest BCUT2D eigenvalue weighted by atomic mass is 32.1. The van der Waals surface area contributed by atoms with Gasteiger partial charge in [0.25, 0.3) is 5.91 Å². The highest BCUT2D eigenvalue weighted by Crippen LogP contribution is 2.24. The maximum absolute atomic E-state index is 12.7. The van der Waals surface area contributed by atoms with E-state index in [9.17, 15) is 14.4 Å².